The van der Waals surface area contributed by atoms with Gasteiger partial charge in [0.2, 0.25) is 17.6 Å². The average molecular weight is 672 g/mol. The van der Waals surface area contributed by atoms with E-state index in [1.54, 1.807) is 39.8 Å². The number of oxime groups is 1. The van der Waals surface area contributed by atoms with Gasteiger partial charge in [-0.2, -0.15) is 0 Å². The van der Waals surface area contributed by atoms with Crippen molar-refractivity contribution in [2.75, 3.05) is 19.8 Å². The van der Waals surface area contributed by atoms with Gasteiger partial charge in [-0.1, -0.05) is 51.4 Å². The summed E-state index contributed by atoms with van der Waals surface area (Å²) in [7, 11) is 0. The van der Waals surface area contributed by atoms with Crippen molar-refractivity contribution in [1.82, 2.24) is 20.9 Å². The van der Waals surface area contributed by atoms with E-state index < -0.39 is 70.7 Å². The largest absolute Gasteiger partial charge is 0.444 e. The smallest absolute Gasteiger partial charge is 0.408 e. The Morgan fingerprint density at radius 2 is 1.90 bits per heavy atom. The Morgan fingerprint density at radius 1 is 1.15 bits per heavy atom. The van der Waals surface area contributed by atoms with Gasteiger partial charge in [0.1, 0.15) is 24.0 Å². The van der Waals surface area contributed by atoms with Crippen LogP contribution in [0.5, 0.6) is 0 Å². The van der Waals surface area contributed by atoms with Gasteiger partial charge in [0, 0.05) is 30.9 Å². The molecule has 4 aliphatic rings. The lowest BCUT2D eigenvalue weighted by Crippen LogP contribution is -2.59. The molecular weight excluding hydrogens is 625 g/mol. The molecule has 1 aliphatic carbocycles. The van der Waals surface area contributed by atoms with Crippen LogP contribution in [-0.2, 0) is 33.5 Å². The molecule has 3 fully saturated rings. The van der Waals surface area contributed by atoms with Gasteiger partial charge in [0.05, 0.1) is 31.5 Å². The SMILES string of the molecule is CCC[C@H](NC(=O)[C@@H]1C[C@]2(CC(c3ccc(C)c(F)c3)=NO2)CN1C(=O)[C@@H](NC(=O)O[C@H]1CCOC1)C(C)(C)C)C(=O)C(=O)NC1CC1. The molecule has 3 heterocycles. The quantitative estimate of drug-likeness (QED) is 0.302. The number of ketones is 1. The number of hydrogen-bond donors (Lipinski definition) is 3. The molecule has 0 aromatic heterocycles. The number of likely N-dealkylation sites (tertiary alicyclic amines) is 1. The summed E-state index contributed by atoms with van der Waals surface area (Å²) in [4.78, 5) is 74.5. The Hall–Kier alpha value is -4.07. The van der Waals surface area contributed by atoms with E-state index in [-0.39, 0.29) is 38.5 Å². The van der Waals surface area contributed by atoms with Crippen LogP contribution in [0.25, 0.3) is 0 Å². The molecule has 5 rings (SSSR count). The molecule has 3 N–H and O–H groups in total. The second kappa shape index (κ2) is 14.2. The number of nitrogens with zero attached hydrogens (tertiary/aromatic N) is 2. The standard InChI is InChI=1S/C34H46FN5O8/c1-6-7-24(27(41)30(43)36-21-10-11-21)37-29(42)26-16-34(15-25(39-48-34)20-9-8-19(2)23(35)14-20)18-40(26)31(44)28(33(3,4)5)38-32(45)47-22-12-13-46-17-22/h8-9,14,21-22,24,26,28H,6-7,10-13,15-18H2,1-5H3,(H,36,43)(H,37,42)(H,38,45)/t22-,24-,26-,28+,34+/m0/s1. The van der Waals surface area contributed by atoms with Crippen molar-refractivity contribution in [3.8, 4) is 0 Å². The third kappa shape index (κ3) is 8.13. The van der Waals surface area contributed by atoms with Crippen LogP contribution in [0.15, 0.2) is 23.4 Å². The Morgan fingerprint density at radius 3 is 2.52 bits per heavy atom. The van der Waals surface area contributed by atoms with Gasteiger partial charge in [-0.3, -0.25) is 19.2 Å². The van der Waals surface area contributed by atoms with Crippen LogP contribution in [0.1, 0.15) is 83.8 Å². The molecule has 262 valence electrons. The zero-order valence-electron chi connectivity index (χ0n) is 28.2. The van der Waals surface area contributed by atoms with E-state index in [0.29, 0.717) is 36.3 Å². The highest BCUT2D eigenvalue weighted by atomic mass is 19.1. The molecule has 2 saturated heterocycles. The summed E-state index contributed by atoms with van der Waals surface area (Å²) >= 11 is 0. The van der Waals surface area contributed by atoms with Gasteiger partial charge in [-0.05, 0) is 43.2 Å². The third-order valence-electron chi connectivity index (χ3n) is 9.21. The highest BCUT2D eigenvalue weighted by Crippen LogP contribution is 2.40. The van der Waals surface area contributed by atoms with Gasteiger partial charge in [-0.15, -0.1) is 0 Å². The number of benzene rings is 1. The minimum atomic E-state index is -1.13. The normalized spacial score (nSPS) is 24.8. The highest BCUT2D eigenvalue weighted by Gasteiger charge is 2.56. The fraction of sp³-hybridized carbons (Fsp3) is 0.647. The molecule has 14 heteroatoms. The first-order valence-corrected chi connectivity index (χ1v) is 16.7. The number of carbonyl (C=O) groups is 5. The van der Waals surface area contributed by atoms with Crippen molar-refractivity contribution in [2.45, 2.75) is 115 Å². The Labute approximate surface area is 279 Å². The Bertz CT molecular complexity index is 1470. The Kier molecular flexibility index (Phi) is 10.4. The maximum Gasteiger partial charge on any atom is 0.408 e. The number of hydrogen-bond acceptors (Lipinski definition) is 9. The molecule has 0 unspecified atom stereocenters. The van der Waals surface area contributed by atoms with Crippen LogP contribution in [0.2, 0.25) is 0 Å². The minimum absolute atomic E-state index is 0.00788. The van der Waals surface area contributed by atoms with Gasteiger partial charge in [0.25, 0.3) is 5.91 Å². The maximum absolute atomic E-state index is 14.4. The summed E-state index contributed by atoms with van der Waals surface area (Å²) in [5.41, 5.74) is -0.483. The first-order valence-electron chi connectivity index (χ1n) is 16.7. The monoisotopic (exact) mass is 671 g/mol. The van der Waals surface area contributed by atoms with Crippen molar-refractivity contribution >= 4 is 35.3 Å². The van der Waals surface area contributed by atoms with E-state index in [9.17, 15) is 28.4 Å². The zero-order valence-corrected chi connectivity index (χ0v) is 28.2. The molecular formula is C34H46FN5O8. The zero-order chi connectivity index (χ0) is 34.8. The molecule has 0 bridgehead atoms. The second-order valence-electron chi connectivity index (χ2n) is 14.4. The first kappa shape index (κ1) is 35.2. The fourth-order valence-corrected chi connectivity index (χ4v) is 6.25. The number of alkyl carbamates (subject to hydrolysis) is 1. The van der Waals surface area contributed by atoms with Crippen molar-refractivity contribution in [2.24, 2.45) is 10.6 Å². The van der Waals surface area contributed by atoms with Gasteiger partial charge in [0.15, 0.2) is 5.60 Å². The topological polar surface area (TPSA) is 165 Å². The summed E-state index contributed by atoms with van der Waals surface area (Å²) in [6.07, 6.45) is 1.85. The number of amides is 4. The summed E-state index contributed by atoms with van der Waals surface area (Å²) < 4.78 is 25.2. The van der Waals surface area contributed by atoms with Crippen LogP contribution in [0.3, 0.4) is 0 Å². The average Bonchev–Trinajstić information content (AvgIpc) is 3.38. The number of halogens is 1. The van der Waals surface area contributed by atoms with Crippen molar-refractivity contribution in [3.63, 3.8) is 0 Å². The van der Waals surface area contributed by atoms with Crippen molar-refractivity contribution in [3.05, 3.63) is 35.1 Å². The van der Waals surface area contributed by atoms with E-state index >= 15 is 0 Å². The van der Waals surface area contributed by atoms with E-state index in [1.807, 2.05) is 6.92 Å². The lowest BCUT2D eigenvalue weighted by Gasteiger charge is -2.35. The van der Waals surface area contributed by atoms with Crippen LogP contribution >= 0.6 is 0 Å². The minimum Gasteiger partial charge on any atom is -0.444 e. The number of rotatable bonds is 11. The molecule has 1 saturated carbocycles. The molecule has 0 radical (unpaired) electrons. The fourth-order valence-electron chi connectivity index (χ4n) is 6.25. The highest BCUT2D eigenvalue weighted by molar-refractivity contribution is 6.38. The molecule has 5 atom stereocenters. The van der Waals surface area contributed by atoms with E-state index in [2.05, 4.69) is 21.1 Å². The van der Waals surface area contributed by atoms with Gasteiger partial charge in [-0.25, -0.2) is 9.18 Å². The third-order valence-corrected chi connectivity index (χ3v) is 9.21. The van der Waals surface area contributed by atoms with E-state index in [1.165, 1.54) is 11.0 Å². The van der Waals surface area contributed by atoms with Crippen LogP contribution in [0, 0.1) is 18.2 Å². The number of Topliss-reactive ketones (excluding diaryl/α,β-unsaturated/α-hetero) is 1. The lowest BCUT2D eigenvalue weighted by molar-refractivity contribution is -0.144. The number of carbonyl (C=O) groups excluding carboxylic acids is 5. The maximum atomic E-state index is 14.4. The van der Waals surface area contributed by atoms with Crippen LogP contribution in [-0.4, -0.2) is 95.8 Å². The first-order chi connectivity index (χ1) is 22.7. The predicted octanol–water partition coefficient (Wildman–Crippen LogP) is 2.66. The van der Waals surface area contributed by atoms with Crippen molar-refractivity contribution in [1.29, 1.82) is 0 Å². The number of ether oxygens (including phenoxy) is 2. The lowest BCUT2D eigenvalue weighted by atomic mass is 9.85. The predicted molar refractivity (Wildman–Crippen MR) is 171 cm³/mol. The molecule has 13 nitrogen and oxygen atoms in total. The second-order valence-corrected chi connectivity index (χ2v) is 14.4. The molecule has 48 heavy (non-hydrogen) atoms. The number of nitrogens with one attached hydrogen (secondary N) is 3. The molecule has 4 amide bonds. The summed E-state index contributed by atoms with van der Waals surface area (Å²) in [6.45, 7) is 9.49. The van der Waals surface area contributed by atoms with Gasteiger partial charge >= 0.3 is 6.09 Å². The van der Waals surface area contributed by atoms with Crippen LogP contribution in [0.4, 0.5) is 9.18 Å². The van der Waals surface area contributed by atoms with Gasteiger partial charge < -0.3 is 35.2 Å². The van der Waals surface area contributed by atoms with Crippen molar-refractivity contribution < 1.29 is 42.7 Å². The van der Waals surface area contributed by atoms with E-state index in [0.717, 1.165) is 12.8 Å². The molecule has 1 aromatic rings. The summed E-state index contributed by atoms with van der Waals surface area (Å²) in [6, 6.07) is 1.37. The Balaban J connectivity index is 1.39. The van der Waals surface area contributed by atoms with Crippen LogP contribution < -0.4 is 16.0 Å². The summed E-state index contributed by atoms with van der Waals surface area (Å²) in [5.74, 6) is -3.09. The number of aryl methyl sites for hydroxylation is 1. The van der Waals surface area contributed by atoms with E-state index in [4.69, 9.17) is 14.3 Å². The molecule has 1 spiro atoms. The summed E-state index contributed by atoms with van der Waals surface area (Å²) in [5, 5.41) is 12.4. The molecule has 3 aliphatic heterocycles. The molecule has 1 aromatic carbocycles.